The van der Waals surface area contributed by atoms with Crippen LogP contribution in [0.1, 0.15) is 40.5 Å². The van der Waals surface area contributed by atoms with E-state index in [4.69, 9.17) is 4.74 Å². The third-order valence-corrected chi connectivity index (χ3v) is 4.54. The van der Waals surface area contributed by atoms with E-state index in [0.717, 1.165) is 0 Å². The molecule has 0 N–H and O–H groups in total. The highest BCUT2D eigenvalue weighted by Gasteiger charge is 2.66. The number of Topliss-reactive ketones (excluding diaryl/α,β-unsaturated/α-hetero) is 1. The molecule has 1 aliphatic heterocycles. The number of likely N-dealkylation sites (tertiary alicyclic amines) is 1. The first-order valence-corrected chi connectivity index (χ1v) is 6.59. The number of methoxy groups -OCH3 is 1. The molecule has 1 amide bonds. The zero-order valence-corrected chi connectivity index (χ0v) is 12.1. The molecule has 1 saturated carbocycles. The van der Waals surface area contributed by atoms with Crippen molar-refractivity contribution in [1.82, 2.24) is 4.90 Å². The van der Waals surface area contributed by atoms with Crippen molar-refractivity contribution in [2.24, 2.45) is 10.8 Å². The van der Waals surface area contributed by atoms with E-state index in [1.165, 1.54) is 7.11 Å². The summed E-state index contributed by atoms with van der Waals surface area (Å²) in [5.74, 6) is -0.320. The maximum atomic E-state index is 12.2. The second-order valence-corrected chi connectivity index (χ2v) is 6.55. The van der Waals surface area contributed by atoms with Crippen LogP contribution in [0, 0.1) is 10.8 Å². The van der Waals surface area contributed by atoms with Crippen molar-refractivity contribution >= 4 is 17.7 Å². The van der Waals surface area contributed by atoms with Gasteiger partial charge in [-0.15, -0.1) is 0 Å². The van der Waals surface area contributed by atoms with Crippen LogP contribution < -0.4 is 0 Å². The molecule has 2 rings (SSSR count). The number of ketones is 1. The van der Waals surface area contributed by atoms with Crippen LogP contribution in [0.4, 0.5) is 0 Å². The first-order chi connectivity index (χ1) is 8.65. The van der Waals surface area contributed by atoms with Crippen molar-refractivity contribution in [2.75, 3.05) is 7.11 Å². The van der Waals surface area contributed by atoms with Crippen LogP contribution >= 0.6 is 0 Å². The lowest BCUT2D eigenvalue weighted by atomic mass is 9.50. The molecule has 0 aromatic rings. The largest absolute Gasteiger partial charge is 0.467 e. The van der Waals surface area contributed by atoms with Crippen molar-refractivity contribution in [3.05, 3.63) is 0 Å². The Morgan fingerprint density at radius 3 is 2.21 bits per heavy atom. The van der Waals surface area contributed by atoms with Gasteiger partial charge in [0.1, 0.15) is 11.8 Å². The average Bonchev–Trinajstić information content (AvgIpc) is 2.69. The Hall–Kier alpha value is -1.39. The lowest BCUT2D eigenvalue weighted by Crippen LogP contribution is -2.72. The van der Waals surface area contributed by atoms with Crippen LogP contribution in [0.3, 0.4) is 0 Å². The van der Waals surface area contributed by atoms with Crippen LogP contribution in [0.2, 0.25) is 0 Å². The number of hydrogen-bond acceptors (Lipinski definition) is 4. The minimum Gasteiger partial charge on any atom is -0.467 e. The van der Waals surface area contributed by atoms with Crippen LogP contribution in [-0.4, -0.2) is 41.8 Å². The fourth-order valence-corrected chi connectivity index (χ4v) is 3.99. The monoisotopic (exact) mass is 267 g/mol. The van der Waals surface area contributed by atoms with E-state index < -0.39 is 22.8 Å². The van der Waals surface area contributed by atoms with Crippen molar-refractivity contribution < 1.29 is 19.1 Å². The van der Waals surface area contributed by atoms with Crippen molar-refractivity contribution in [1.29, 1.82) is 0 Å². The number of ether oxygens (including phenoxy) is 1. The van der Waals surface area contributed by atoms with Gasteiger partial charge in [-0.2, -0.15) is 0 Å². The summed E-state index contributed by atoms with van der Waals surface area (Å²) >= 11 is 0. The van der Waals surface area contributed by atoms with E-state index in [-0.39, 0.29) is 17.7 Å². The van der Waals surface area contributed by atoms with E-state index >= 15 is 0 Å². The summed E-state index contributed by atoms with van der Waals surface area (Å²) in [6, 6.07) is -0.791. The maximum absolute atomic E-state index is 12.2. The number of nitrogens with zero attached hydrogens (tertiary/aromatic N) is 1. The molecule has 2 aliphatic rings. The van der Waals surface area contributed by atoms with Gasteiger partial charge in [0.25, 0.3) is 0 Å². The van der Waals surface area contributed by atoms with Crippen molar-refractivity contribution in [2.45, 2.75) is 52.6 Å². The van der Waals surface area contributed by atoms with Gasteiger partial charge in [-0.05, 0) is 6.42 Å². The summed E-state index contributed by atoms with van der Waals surface area (Å²) in [6.07, 6.45) is 0.818. The summed E-state index contributed by atoms with van der Waals surface area (Å²) < 4.78 is 4.78. The van der Waals surface area contributed by atoms with Gasteiger partial charge in [-0.3, -0.25) is 9.59 Å². The van der Waals surface area contributed by atoms with Gasteiger partial charge in [-0.25, -0.2) is 4.79 Å². The van der Waals surface area contributed by atoms with E-state index in [9.17, 15) is 14.4 Å². The topological polar surface area (TPSA) is 63.7 Å². The molecule has 0 bridgehead atoms. The van der Waals surface area contributed by atoms with Crippen LogP contribution in [0.25, 0.3) is 0 Å². The number of esters is 1. The van der Waals surface area contributed by atoms with Crippen LogP contribution in [0.5, 0.6) is 0 Å². The number of hydrogen-bond donors (Lipinski definition) is 0. The zero-order chi connectivity index (χ0) is 14.6. The predicted molar refractivity (Wildman–Crippen MR) is 68.2 cm³/mol. The lowest BCUT2D eigenvalue weighted by molar-refractivity contribution is -0.180. The van der Waals surface area contributed by atoms with Crippen LogP contribution in [-0.2, 0) is 19.1 Å². The van der Waals surface area contributed by atoms with Crippen molar-refractivity contribution in [3.63, 3.8) is 0 Å². The summed E-state index contributed by atoms with van der Waals surface area (Å²) in [5.41, 5.74) is -1.20. The minimum absolute atomic E-state index is 0.0611. The first-order valence-electron chi connectivity index (χ1n) is 6.59. The molecule has 5 heteroatoms. The third-order valence-electron chi connectivity index (χ3n) is 4.54. The Bertz CT molecular complexity index is 434. The van der Waals surface area contributed by atoms with Gasteiger partial charge in [0.2, 0.25) is 5.91 Å². The Labute approximate surface area is 113 Å². The normalized spacial score (nSPS) is 29.3. The molecule has 106 valence electrons. The number of rotatable bonds is 2. The van der Waals surface area contributed by atoms with E-state index in [1.54, 1.807) is 4.90 Å². The highest BCUT2D eigenvalue weighted by Crippen LogP contribution is 2.54. The SMILES string of the molecule is COC(=O)C1CCC(=O)N1C1C(C)(C)C(=O)C1(C)C. The molecule has 0 aromatic heterocycles. The van der Waals surface area contributed by atoms with Gasteiger partial charge in [-0.1, -0.05) is 27.7 Å². The molecule has 0 spiro atoms. The molecule has 0 aromatic carbocycles. The lowest BCUT2D eigenvalue weighted by Gasteiger charge is -2.59. The quantitative estimate of drug-likeness (QED) is 0.704. The molecule has 1 saturated heterocycles. The van der Waals surface area contributed by atoms with E-state index in [0.29, 0.717) is 12.8 Å². The van der Waals surface area contributed by atoms with E-state index in [1.807, 2.05) is 27.7 Å². The molecular formula is C14H21NO4. The first kappa shape index (κ1) is 14.0. The molecule has 19 heavy (non-hydrogen) atoms. The van der Waals surface area contributed by atoms with Gasteiger partial charge in [0, 0.05) is 17.3 Å². The summed E-state index contributed by atoms with van der Waals surface area (Å²) in [5, 5.41) is 0. The molecule has 1 unspecified atom stereocenters. The molecular weight excluding hydrogens is 246 g/mol. The van der Waals surface area contributed by atoms with Gasteiger partial charge >= 0.3 is 5.97 Å². The molecule has 1 atom stereocenters. The second kappa shape index (κ2) is 4.05. The maximum Gasteiger partial charge on any atom is 0.328 e. The predicted octanol–water partition coefficient (Wildman–Crippen LogP) is 1.15. The fourth-order valence-electron chi connectivity index (χ4n) is 3.99. The van der Waals surface area contributed by atoms with Crippen LogP contribution in [0.15, 0.2) is 0 Å². The summed E-state index contributed by atoms with van der Waals surface area (Å²) in [4.78, 5) is 37.7. The minimum atomic E-state index is -0.601. The van der Waals surface area contributed by atoms with Crippen molar-refractivity contribution in [3.8, 4) is 0 Å². The van der Waals surface area contributed by atoms with E-state index in [2.05, 4.69) is 0 Å². The molecule has 2 fully saturated rings. The highest BCUT2D eigenvalue weighted by molar-refractivity contribution is 6.00. The molecule has 5 nitrogen and oxygen atoms in total. The molecule has 0 radical (unpaired) electrons. The fraction of sp³-hybridized carbons (Fsp3) is 0.786. The highest BCUT2D eigenvalue weighted by atomic mass is 16.5. The third kappa shape index (κ3) is 1.70. The number of carbonyl (C=O) groups excluding carboxylic acids is 3. The molecule has 1 heterocycles. The number of carbonyl (C=O) groups is 3. The Morgan fingerprint density at radius 1 is 1.21 bits per heavy atom. The smallest absolute Gasteiger partial charge is 0.328 e. The van der Waals surface area contributed by atoms with Gasteiger partial charge < -0.3 is 9.64 Å². The average molecular weight is 267 g/mol. The Kier molecular flexibility index (Phi) is 2.99. The standard InChI is InChI=1S/C14H21NO4/c1-13(2)11(14(3,4)12(13)18)15-8(10(17)19-5)6-7-9(15)16/h8,11H,6-7H2,1-5H3. The Morgan fingerprint density at radius 2 is 1.74 bits per heavy atom. The summed E-state index contributed by atoms with van der Waals surface area (Å²) in [6.45, 7) is 7.35. The second-order valence-electron chi connectivity index (χ2n) is 6.55. The summed E-state index contributed by atoms with van der Waals surface area (Å²) in [7, 11) is 1.32. The zero-order valence-electron chi connectivity index (χ0n) is 12.1. The van der Waals surface area contributed by atoms with Gasteiger partial charge in [0.15, 0.2) is 0 Å². The Balaban J connectivity index is 2.36. The number of amides is 1. The van der Waals surface area contributed by atoms with Gasteiger partial charge in [0.05, 0.1) is 13.2 Å². The molecule has 1 aliphatic carbocycles.